The summed E-state index contributed by atoms with van der Waals surface area (Å²) >= 11 is 0. The molecule has 1 aliphatic heterocycles. The number of rotatable bonds is 5. The molecule has 31 heavy (non-hydrogen) atoms. The Hall–Kier alpha value is -3.79. The minimum absolute atomic E-state index is 0.0384. The van der Waals surface area contributed by atoms with Gasteiger partial charge in [-0.2, -0.15) is 0 Å². The fourth-order valence-electron chi connectivity index (χ4n) is 3.60. The van der Waals surface area contributed by atoms with E-state index in [1.807, 2.05) is 49.4 Å². The number of amides is 1. The molecule has 1 fully saturated rings. The first-order valence-electron chi connectivity index (χ1n) is 10.3. The van der Waals surface area contributed by atoms with E-state index in [0.29, 0.717) is 25.5 Å². The highest BCUT2D eigenvalue weighted by Crippen LogP contribution is 2.28. The monoisotopic (exact) mass is 416 g/mol. The van der Waals surface area contributed by atoms with Crippen LogP contribution in [0.1, 0.15) is 25.3 Å². The number of benzene rings is 2. The number of piperidine rings is 1. The number of nitrogens with one attached hydrogen (secondary N) is 1. The van der Waals surface area contributed by atoms with Gasteiger partial charge in [0, 0.05) is 42.6 Å². The Bertz CT molecular complexity index is 1120. The average Bonchev–Trinajstić information content (AvgIpc) is 2.80. The van der Waals surface area contributed by atoms with Crippen molar-refractivity contribution in [2.75, 3.05) is 25.0 Å². The number of fused-ring (bicyclic) bond motifs is 1. The fraction of sp³-hybridized carbons (Fsp3) is 0.292. The molecule has 1 amide bonds. The zero-order valence-corrected chi connectivity index (χ0v) is 17.4. The Morgan fingerprint density at radius 1 is 1.23 bits per heavy atom. The highest BCUT2D eigenvalue weighted by atomic mass is 16.6. The largest absolute Gasteiger partial charge is 0.490 e. The van der Waals surface area contributed by atoms with Crippen LogP contribution in [0.15, 0.2) is 48.8 Å². The molecule has 2 aromatic carbocycles. The van der Waals surface area contributed by atoms with Gasteiger partial charge in [-0.05, 0) is 43.3 Å². The number of anilines is 2. The van der Waals surface area contributed by atoms with Crippen molar-refractivity contribution in [1.29, 1.82) is 0 Å². The van der Waals surface area contributed by atoms with E-state index < -0.39 is 0 Å². The summed E-state index contributed by atoms with van der Waals surface area (Å²) in [5.74, 6) is 4.07. The van der Waals surface area contributed by atoms with Gasteiger partial charge in [-0.1, -0.05) is 12.0 Å². The van der Waals surface area contributed by atoms with Crippen LogP contribution in [-0.4, -0.2) is 46.8 Å². The molecule has 3 aromatic rings. The van der Waals surface area contributed by atoms with E-state index in [9.17, 15) is 4.79 Å². The summed E-state index contributed by atoms with van der Waals surface area (Å²) in [4.78, 5) is 22.4. The molecule has 0 bridgehead atoms. The molecule has 1 aliphatic rings. The van der Waals surface area contributed by atoms with Crippen molar-refractivity contribution >= 4 is 28.5 Å². The molecule has 0 radical (unpaired) electrons. The second-order valence-corrected chi connectivity index (χ2v) is 7.25. The molecule has 0 aliphatic carbocycles. The number of carbonyl (C=O) groups excluding carboxylic acids is 1. The van der Waals surface area contributed by atoms with E-state index in [0.717, 1.165) is 40.7 Å². The van der Waals surface area contributed by atoms with Gasteiger partial charge in [-0.25, -0.2) is 14.8 Å². The van der Waals surface area contributed by atoms with Gasteiger partial charge < -0.3 is 19.7 Å². The third-order valence-corrected chi connectivity index (χ3v) is 5.17. The molecule has 0 unspecified atom stereocenters. The van der Waals surface area contributed by atoms with Gasteiger partial charge in [0.1, 0.15) is 24.0 Å². The van der Waals surface area contributed by atoms with E-state index in [1.165, 1.54) is 6.33 Å². The standard InChI is InChI=1S/C24H24N4O3/c1-3-17-6-5-7-18(14-17)27-23-21-15-20(8-9-22(21)25-16-26-23)31-19-10-12-28(13-11-19)24(29)30-4-2/h1,5-9,14-16,19H,4,10-13H2,2H3,(H,25,26,27). The summed E-state index contributed by atoms with van der Waals surface area (Å²) in [5, 5.41) is 4.18. The van der Waals surface area contributed by atoms with Crippen molar-refractivity contribution in [2.45, 2.75) is 25.9 Å². The Morgan fingerprint density at radius 3 is 2.84 bits per heavy atom. The average molecular weight is 416 g/mol. The number of ether oxygens (including phenoxy) is 2. The predicted molar refractivity (Wildman–Crippen MR) is 119 cm³/mol. The van der Waals surface area contributed by atoms with Gasteiger partial charge in [-0.15, -0.1) is 6.42 Å². The number of hydrogen-bond acceptors (Lipinski definition) is 6. The van der Waals surface area contributed by atoms with Crippen LogP contribution < -0.4 is 10.1 Å². The Balaban J connectivity index is 1.48. The molecule has 7 heteroatoms. The first kappa shape index (κ1) is 20.5. The number of hydrogen-bond donors (Lipinski definition) is 1. The molecule has 1 saturated heterocycles. The molecule has 158 valence electrons. The molecule has 0 spiro atoms. The van der Waals surface area contributed by atoms with Crippen LogP contribution in [0.5, 0.6) is 5.75 Å². The summed E-state index contributed by atoms with van der Waals surface area (Å²) in [5.41, 5.74) is 2.46. The fourth-order valence-corrected chi connectivity index (χ4v) is 3.60. The van der Waals surface area contributed by atoms with Gasteiger partial charge in [0.25, 0.3) is 0 Å². The summed E-state index contributed by atoms with van der Waals surface area (Å²) in [6.45, 7) is 3.45. The third kappa shape index (κ3) is 4.86. The number of terminal acetylenes is 1. The highest BCUT2D eigenvalue weighted by Gasteiger charge is 2.24. The van der Waals surface area contributed by atoms with E-state index in [4.69, 9.17) is 15.9 Å². The van der Waals surface area contributed by atoms with E-state index in [2.05, 4.69) is 21.2 Å². The maximum atomic E-state index is 11.9. The first-order valence-corrected chi connectivity index (χ1v) is 10.3. The van der Waals surface area contributed by atoms with Crippen LogP contribution in [0.4, 0.5) is 16.3 Å². The number of nitrogens with zero attached hydrogens (tertiary/aromatic N) is 3. The second kappa shape index (κ2) is 9.35. The minimum Gasteiger partial charge on any atom is -0.490 e. The summed E-state index contributed by atoms with van der Waals surface area (Å²) in [6.07, 6.45) is 8.33. The molecule has 0 saturated carbocycles. The summed E-state index contributed by atoms with van der Waals surface area (Å²) in [7, 11) is 0. The lowest BCUT2D eigenvalue weighted by Crippen LogP contribution is -2.42. The van der Waals surface area contributed by atoms with E-state index >= 15 is 0 Å². The lowest BCUT2D eigenvalue weighted by atomic mass is 10.1. The van der Waals surface area contributed by atoms with Gasteiger partial charge in [0.15, 0.2) is 0 Å². The lowest BCUT2D eigenvalue weighted by molar-refractivity contribution is 0.0704. The Kier molecular flexibility index (Phi) is 6.18. The van der Waals surface area contributed by atoms with Gasteiger partial charge in [0.05, 0.1) is 12.1 Å². The first-order chi connectivity index (χ1) is 15.2. The van der Waals surface area contributed by atoms with Crippen molar-refractivity contribution in [2.24, 2.45) is 0 Å². The molecule has 0 atom stereocenters. The van der Waals surface area contributed by atoms with Gasteiger partial charge in [-0.3, -0.25) is 0 Å². The molecule has 2 heterocycles. The van der Waals surface area contributed by atoms with Crippen molar-refractivity contribution < 1.29 is 14.3 Å². The van der Waals surface area contributed by atoms with Gasteiger partial charge >= 0.3 is 6.09 Å². The maximum absolute atomic E-state index is 11.9. The van der Waals surface area contributed by atoms with Crippen molar-refractivity contribution in [1.82, 2.24) is 14.9 Å². The van der Waals surface area contributed by atoms with Crippen LogP contribution in [0, 0.1) is 12.3 Å². The Morgan fingerprint density at radius 2 is 2.06 bits per heavy atom. The van der Waals surface area contributed by atoms with Crippen LogP contribution in [0.3, 0.4) is 0 Å². The second-order valence-electron chi connectivity index (χ2n) is 7.25. The van der Waals surface area contributed by atoms with Crippen molar-refractivity contribution in [3.63, 3.8) is 0 Å². The van der Waals surface area contributed by atoms with Crippen LogP contribution in [0.2, 0.25) is 0 Å². The van der Waals surface area contributed by atoms with E-state index in [1.54, 1.807) is 4.90 Å². The lowest BCUT2D eigenvalue weighted by Gasteiger charge is -2.31. The normalized spacial score (nSPS) is 14.1. The molecular weight excluding hydrogens is 392 g/mol. The molecule has 1 aromatic heterocycles. The predicted octanol–water partition coefficient (Wildman–Crippen LogP) is 4.35. The molecule has 7 nitrogen and oxygen atoms in total. The van der Waals surface area contributed by atoms with Crippen LogP contribution >= 0.6 is 0 Å². The van der Waals surface area contributed by atoms with Crippen molar-refractivity contribution in [3.8, 4) is 18.1 Å². The van der Waals surface area contributed by atoms with E-state index in [-0.39, 0.29) is 12.2 Å². The molecule has 1 N–H and O–H groups in total. The molecule has 4 rings (SSSR count). The summed E-state index contributed by atoms with van der Waals surface area (Å²) in [6, 6.07) is 13.4. The highest BCUT2D eigenvalue weighted by molar-refractivity contribution is 5.91. The SMILES string of the molecule is C#Cc1cccc(Nc2ncnc3ccc(OC4CCN(C(=O)OCC)CC4)cc23)c1. The quantitative estimate of drug-likeness (QED) is 0.623. The van der Waals surface area contributed by atoms with Crippen LogP contribution in [-0.2, 0) is 4.74 Å². The Labute approximate surface area is 181 Å². The van der Waals surface area contributed by atoms with Crippen molar-refractivity contribution in [3.05, 3.63) is 54.4 Å². The number of carbonyl (C=O) groups is 1. The zero-order valence-electron chi connectivity index (χ0n) is 17.4. The van der Waals surface area contributed by atoms with Gasteiger partial charge in [0.2, 0.25) is 0 Å². The molecular formula is C24H24N4O3. The number of likely N-dealkylation sites (tertiary alicyclic amines) is 1. The third-order valence-electron chi connectivity index (χ3n) is 5.17. The topological polar surface area (TPSA) is 76.6 Å². The summed E-state index contributed by atoms with van der Waals surface area (Å²) < 4.78 is 11.3. The maximum Gasteiger partial charge on any atom is 0.409 e. The number of aromatic nitrogens is 2. The van der Waals surface area contributed by atoms with Crippen LogP contribution in [0.25, 0.3) is 10.9 Å². The minimum atomic E-state index is -0.256. The zero-order chi connectivity index (χ0) is 21.6. The smallest absolute Gasteiger partial charge is 0.409 e.